The molecule has 0 aromatic carbocycles. The van der Waals surface area contributed by atoms with Crippen LogP contribution in [-0.2, 0) is 0 Å². The Labute approximate surface area is 137 Å². The molecule has 0 spiro atoms. The highest BCUT2D eigenvalue weighted by molar-refractivity contribution is 5.79. The first-order valence-corrected chi connectivity index (χ1v) is 9.00. The molecule has 0 aromatic rings. The van der Waals surface area contributed by atoms with E-state index in [1.54, 1.807) is 0 Å². The van der Waals surface area contributed by atoms with Crippen LogP contribution in [0, 0.1) is 5.92 Å². The summed E-state index contributed by atoms with van der Waals surface area (Å²) in [6.07, 6.45) is 8.32. The predicted octanol–water partition coefficient (Wildman–Crippen LogP) is 2.97. The van der Waals surface area contributed by atoms with Gasteiger partial charge in [0.2, 0.25) is 0 Å². The molecule has 0 amide bonds. The molecular formula is C18H36N4. The molecule has 1 atom stereocenters. The van der Waals surface area contributed by atoms with Crippen LogP contribution >= 0.6 is 0 Å². The van der Waals surface area contributed by atoms with Crippen LogP contribution in [0.2, 0.25) is 0 Å². The molecule has 0 aromatic heterocycles. The molecule has 22 heavy (non-hydrogen) atoms. The number of unbranched alkanes of at least 4 members (excludes halogenated alkanes) is 1. The summed E-state index contributed by atoms with van der Waals surface area (Å²) in [5.74, 6) is 1.66. The van der Waals surface area contributed by atoms with Gasteiger partial charge in [-0.3, -0.25) is 4.99 Å². The second-order valence-electron chi connectivity index (χ2n) is 6.51. The topological polar surface area (TPSA) is 30.9 Å². The highest BCUT2D eigenvalue weighted by Crippen LogP contribution is 2.11. The van der Waals surface area contributed by atoms with Gasteiger partial charge in [-0.05, 0) is 51.6 Å². The van der Waals surface area contributed by atoms with Crippen molar-refractivity contribution in [2.24, 2.45) is 10.9 Å². The van der Waals surface area contributed by atoms with Crippen molar-refractivity contribution in [2.45, 2.75) is 46.0 Å². The first kappa shape index (κ1) is 19.0. The normalized spacial score (nSPS) is 18.0. The molecule has 1 aliphatic heterocycles. The number of hydrogen-bond acceptors (Lipinski definition) is 2. The number of rotatable bonds is 9. The molecule has 4 heteroatoms. The van der Waals surface area contributed by atoms with Gasteiger partial charge in [-0.25, -0.2) is 0 Å². The predicted molar refractivity (Wildman–Crippen MR) is 97.5 cm³/mol. The first-order valence-electron chi connectivity index (χ1n) is 9.00. The Hall–Kier alpha value is -1.03. The molecular weight excluding hydrogens is 272 g/mol. The van der Waals surface area contributed by atoms with Gasteiger partial charge in [0.25, 0.3) is 0 Å². The fourth-order valence-electron chi connectivity index (χ4n) is 2.93. The lowest BCUT2D eigenvalue weighted by Gasteiger charge is -2.29. The van der Waals surface area contributed by atoms with Crippen LogP contribution in [-0.4, -0.2) is 62.1 Å². The van der Waals surface area contributed by atoms with Crippen LogP contribution in [0.15, 0.2) is 17.6 Å². The van der Waals surface area contributed by atoms with Gasteiger partial charge in [-0.1, -0.05) is 19.4 Å². The number of piperidine rings is 1. The molecule has 0 radical (unpaired) electrons. The van der Waals surface area contributed by atoms with E-state index >= 15 is 0 Å². The zero-order valence-electron chi connectivity index (χ0n) is 15.0. The highest BCUT2D eigenvalue weighted by atomic mass is 15.3. The van der Waals surface area contributed by atoms with Gasteiger partial charge in [0.05, 0.1) is 0 Å². The summed E-state index contributed by atoms with van der Waals surface area (Å²) in [6.45, 7) is 14.8. The van der Waals surface area contributed by atoms with Crippen LogP contribution < -0.4 is 5.32 Å². The lowest BCUT2D eigenvalue weighted by Crippen LogP contribution is -2.40. The van der Waals surface area contributed by atoms with E-state index in [1.165, 1.54) is 38.9 Å². The van der Waals surface area contributed by atoms with Gasteiger partial charge >= 0.3 is 0 Å². The van der Waals surface area contributed by atoms with E-state index in [4.69, 9.17) is 4.99 Å². The van der Waals surface area contributed by atoms with E-state index in [0.29, 0.717) is 5.92 Å². The zero-order valence-corrected chi connectivity index (χ0v) is 15.0. The zero-order chi connectivity index (χ0) is 16.2. The van der Waals surface area contributed by atoms with Crippen LogP contribution in [0.1, 0.15) is 46.0 Å². The molecule has 0 bridgehead atoms. The van der Waals surface area contributed by atoms with Gasteiger partial charge in [0.15, 0.2) is 5.96 Å². The average molecular weight is 309 g/mol. The monoisotopic (exact) mass is 308 g/mol. The van der Waals surface area contributed by atoms with Gasteiger partial charge in [0.1, 0.15) is 0 Å². The van der Waals surface area contributed by atoms with E-state index in [1.807, 2.05) is 6.08 Å². The summed E-state index contributed by atoms with van der Waals surface area (Å²) in [5.41, 5.74) is 0. The van der Waals surface area contributed by atoms with Crippen molar-refractivity contribution in [3.05, 3.63) is 12.7 Å². The van der Waals surface area contributed by atoms with Crippen molar-refractivity contribution in [1.82, 2.24) is 15.1 Å². The summed E-state index contributed by atoms with van der Waals surface area (Å²) >= 11 is 0. The Morgan fingerprint density at radius 1 is 1.36 bits per heavy atom. The van der Waals surface area contributed by atoms with E-state index in [2.05, 4.69) is 42.6 Å². The first-order chi connectivity index (χ1) is 10.7. The van der Waals surface area contributed by atoms with Gasteiger partial charge in [0, 0.05) is 33.2 Å². The Kier molecular flexibility index (Phi) is 9.96. The molecule has 4 nitrogen and oxygen atoms in total. The molecule has 1 saturated heterocycles. The fourth-order valence-corrected chi connectivity index (χ4v) is 2.93. The van der Waals surface area contributed by atoms with Crippen LogP contribution in [0.3, 0.4) is 0 Å². The minimum Gasteiger partial charge on any atom is -0.357 e. The minimum absolute atomic E-state index is 0.619. The Bertz CT molecular complexity index is 321. The maximum absolute atomic E-state index is 4.84. The van der Waals surface area contributed by atoms with Crippen molar-refractivity contribution < 1.29 is 0 Å². The quantitative estimate of drug-likeness (QED) is 0.307. The second kappa shape index (κ2) is 11.5. The molecule has 1 heterocycles. The van der Waals surface area contributed by atoms with Crippen LogP contribution in [0.5, 0.6) is 0 Å². The number of aliphatic imine (C=N–C) groups is 1. The summed E-state index contributed by atoms with van der Waals surface area (Å²) < 4.78 is 0. The molecule has 128 valence electrons. The molecule has 0 aliphatic carbocycles. The smallest absolute Gasteiger partial charge is 0.193 e. The van der Waals surface area contributed by atoms with Gasteiger partial charge < -0.3 is 15.1 Å². The van der Waals surface area contributed by atoms with E-state index < -0.39 is 0 Å². The largest absolute Gasteiger partial charge is 0.357 e. The molecule has 1 unspecified atom stereocenters. The van der Waals surface area contributed by atoms with E-state index in [0.717, 1.165) is 38.4 Å². The molecule has 1 aliphatic rings. The van der Waals surface area contributed by atoms with E-state index in [-0.39, 0.29) is 0 Å². The molecule has 0 saturated carbocycles. The molecule has 1 rings (SSSR count). The standard InChI is InChI=1S/C18H36N4/c1-5-7-9-12-21(4)18(19-6-2)20-15-17(3)16-22-13-10-8-11-14-22/h5,17H,1,6-16H2,2-4H3,(H,19,20). The SMILES string of the molecule is C=CCCCN(C)C(=NCC(C)CN1CCCCC1)NCC. The summed E-state index contributed by atoms with van der Waals surface area (Å²) in [4.78, 5) is 9.67. The Morgan fingerprint density at radius 3 is 2.73 bits per heavy atom. The van der Waals surface area contributed by atoms with Crippen molar-refractivity contribution in [3.63, 3.8) is 0 Å². The third-order valence-corrected chi connectivity index (χ3v) is 4.17. The average Bonchev–Trinajstić information content (AvgIpc) is 2.52. The number of guanidine groups is 1. The fraction of sp³-hybridized carbons (Fsp3) is 0.833. The number of nitrogens with one attached hydrogen (secondary N) is 1. The third kappa shape index (κ3) is 7.83. The van der Waals surface area contributed by atoms with Crippen LogP contribution in [0.25, 0.3) is 0 Å². The Balaban J connectivity index is 2.40. The van der Waals surface area contributed by atoms with Gasteiger partial charge in [-0.2, -0.15) is 0 Å². The summed E-state index contributed by atoms with van der Waals surface area (Å²) in [7, 11) is 2.12. The van der Waals surface area contributed by atoms with Crippen molar-refractivity contribution in [2.75, 3.05) is 46.3 Å². The van der Waals surface area contributed by atoms with Crippen molar-refractivity contribution in [1.29, 1.82) is 0 Å². The number of likely N-dealkylation sites (tertiary alicyclic amines) is 1. The summed E-state index contributed by atoms with van der Waals surface area (Å²) in [5, 5.41) is 3.40. The van der Waals surface area contributed by atoms with E-state index in [9.17, 15) is 0 Å². The van der Waals surface area contributed by atoms with Crippen LogP contribution in [0.4, 0.5) is 0 Å². The number of allylic oxidation sites excluding steroid dienone is 1. The maximum atomic E-state index is 4.84. The minimum atomic E-state index is 0.619. The number of hydrogen-bond donors (Lipinski definition) is 1. The highest BCUT2D eigenvalue weighted by Gasteiger charge is 2.13. The molecule has 1 fully saturated rings. The lowest BCUT2D eigenvalue weighted by atomic mass is 10.1. The summed E-state index contributed by atoms with van der Waals surface area (Å²) in [6, 6.07) is 0. The Morgan fingerprint density at radius 2 is 2.09 bits per heavy atom. The second-order valence-corrected chi connectivity index (χ2v) is 6.51. The maximum Gasteiger partial charge on any atom is 0.193 e. The number of nitrogens with zero attached hydrogens (tertiary/aromatic N) is 3. The van der Waals surface area contributed by atoms with Crippen molar-refractivity contribution >= 4 is 5.96 Å². The molecule has 1 N–H and O–H groups in total. The van der Waals surface area contributed by atoms with Gasteiger partial charge in [-0.15, -0.1) is 6.58 Å². The lowest BCUT2D eigenvalue weighted by molar-refractivity contribution is 0.202. The van der Waals surface area contributed by atoms with Crippen molar-refractivity contribution in [3.8, 4) is 0 Å². The third-order valence-electron chi connectivity index (χ3n) is 4.17.